The maximum absolute atomic E-state index is 7.92. The van der Waals surface area contributed by atoms with Gasteiger partial charge in [-0.1, -0.05) is 6.92 Å². The van der Waals surface area contributed by atoms with Gasteiger partial charge in [-0.05, 0) is 6.42 Å². The fourth-order valence-electron chi connectivity index (χ4n) is 0. The Kier molecular flexibility index (Phi) is 8.79. The zero-order valence-corrected chi connectivity index (χ0v) is 3.18. The van der Waals surface area contributed by atoms with E-state index in [1.807, 2.05) is 0 Å². The van der Waals surface area contributed by atoms with E-state index < -0.39 is 6.29 Å². The minimum absolute atomic E-state index is 0. The van der Waals surface area contributed by atoms with Gasteiger partial charge in [0.15, 0.2) is 23.7 Å². The predicted molar refractivity (Wildman–Crippen MR) is 28.5 cm³/mol. The van der Waals surface area contributed by atoms with E-state index >= 15 is 0 Å². The fraction of sp³-hybridized carbons (Fsp3) is 1.00. The maximum Gasteiger partial charge on any atom is 0.187 e. The van der Waals surface area contributed by atoms with E-state index in [2.05, 4.69) is 0 Å². The lowest BCUT2D eigenvalue weighted by molar-refractivity contribution is -0.0413. The normalized spacial score (nSPS) is 8.00. The third-order valence-corrected chi connectivity index (χ3v) is 0.365. The number of hydrogen-bond acceptors (Lipinski definition) is 2. The minimum atomic E-state index is -1.12. The lowest BCUT2D eigenvalue weighted by atomic mass is 10.5. The van der Waals surface area contributed by atoms with Gasteiger partial charge in [-0.25, -0.2) is 0 Å². The van der Waals surface area contributed by atoms with Crippen LogP contribution >= 0.6 is 0 Å². The summed E-state index contributed by atoms with van der Waals surface area (Å²) >= 11 is 0. The monoisotopic (exact) mass is 106 g/mol. The van der Waals surface area contributed by atoms with Crippen LogP contribution in [0.4, 0.5) is 0 Å². The van der Waals surface area contributed by atoms with Gasteiger partial charge >= 0.3 is 0 Å². The highest BCUT2D eigenvalue weighted by Crippen LogP contribution is 1.77. The van der Waals surface area contributed by atoms with E-state index in [0.29, 0.717) is 6.42 Å². The van der Waals surface area contributed by atoms with E-state index in [-0.39, 0.29) is 17.4 Å². The predicted octanol–water partition coefficient (Wildman–Crippen LogP) is -1.48. The van der Waals surface area contributed by atoms with Gasteiger partial charge in [-0.3, -0.25) is 0 Å². The Morgan fingerprint density at radius 1 is 1.50 bits per heavy atom. The topological polar surface area (TPSA) is 40.5 Å². The number of aliphatic hydroxyl groups excluding tert-OH is 1. The van der Waals surface area contributed by atoms with Crippen molar-refractivity contribution in [2.45, 2.75) is 19.6 Å². The van der Waals surface area contributed by atoms with Crippen LogP contribution in [0.25, 0.3) is 0 Å². The fourth-order valence-corrected chi connectivity index (χ4v) is 0. The first-order valence-corrected chi connectivity index (χ1v) is 1.63. The van der Waals surface area contributed by atoms with Crippen LogP contribution < -0.4 is 0 Å². The Morgan fingerprint density at radius 2 is 1.67 bits per heavy atom. The van der Waals surface area contributed by atoms with E-state index in [9.17, 15) is 0 Å². The second-order valence-corrected chi connectivity index (χ2v) is 0.889. The second-order valence-electron chi connectivity index (χ2n) is 0.889. The number of rotatable bonds is 1. The zero-order valence-electron chi connectivity index (χ0n) is 3.18. The second kappa shape index (κ2) is 5.45. The largest absolute Gasteiger partial charge is 0.368 e. The molecule has 0 radical (unpaired) electrons. The Morgan fingerprint density at radius 3 is 1.67 bits per heavy atom. The van der Waals surface area contributed by atoms with Gasteiger partial charge in [-0.15, -0.1) is 0 Å². The standard InChI is InChI=1S/C3H8O2.Al.3H/c1-2-3(4)5;;;;/h3-5H,2H2,1H3;;;;. The quantitative estimate of drug-likeness (QED) is 0.316. The molecule has 0 heterocycles. The molecule has 0 aliphatic heterocycles. The van der Waals surface area contributed by atoms with Crippen LogP contribution in [0.5, 0.6) is 0 Å². The van der Waals surface area contributed by atoms with Gasteiger partial charge < -0.3 is 10.2 Å². The Balaban J connectivity index is 0. The summed E-state index contributed by atoms with van der Waals surface area (Å²) in [6.07, 6.45) is -0.699. The molecule has 0 bridgehead atoms. The molecule has 6 heavy (non-hydrogen) atoms. The van der Waals surface area contributed by atoms with Crippen molar-refractivity contribution < 1.29 is 10.2 Å². The van der Waals surface area contributed by atoms with Crippen molar-refractivity contribution in [3.8, 4) is 0 Å². The van der Waals surface area contributed by atoms with Crippen molar-refractivity contribution in [3.63, 3.8) is 0 Å². The van der Waals surface area contributed by atoms with Gasteiger partial charge in [0.2, 0.25) is 0 Å². The summed E-state index contributed by atoms with van der Waals surface area (Å²) in [4.78, 5) is 0. The number of hydrogen-bond donors (Lipinski definition) is 2. The molecule has 3 heteroatoms. The summed E-state index contributed by atoms with van der Waals surface area (Å²) in [5.74, 6) is 0. The molecule has 0 fully saturated rings. The molecule has 0 aromatic heterocycles. The van der Waals surface area contributed by atoms with Crippen LogP contribution in [0.15, 0.2) is 0 Å². The van der Waals surface area contributed by atoms with Crippen LogP contribution in [0.1, 0.15) is 13.3 Å². The Hall–Kier alpha value is 0.452. The van der Waals surface area contributed by atoms with Crippen molar-refractivity contribution in [2.75, 3.05) is 0 Å². The molecule has 2 nitrogen and oxygen atoms in total. The van der Waals surface area contributed by atoms with Crippen LogP contribution in [-0.4, -0.2) is 33.9 Å². The van der Waals surface area contributed by atoms with Crippen molar-refractivity contribution in [3.05, 3.63) is 0 Å². The molecule has 0 unspecified atom stereocenters. The Labute approximate surface area is 47.9 Å². The number of aliphatic hydroxyl groups is 2. The summed E-state index contributed by atoms with van der Waals surface area (Å²) in [5.41, 5.74) is 0. The highest BCUT2D eigenvalue weighted by Gasteiger charge is 1.83. The van der Waals surface area contributed by atoms with Gasteiger partial charge in [0.1, 0.15) is 0 Å². The summed E-state index contributed by atoms with van der Waals surface area (Å²) in [7, 11) is 0. The van der Waals surface area contributed by atoms with E-state index in [1.54, 1.807) is 6.92 Å². The highest BCUT2D eigenvalue weighted by atomic mass is 27.0. The third-order valence-electron chi connectivity index (χ3n) is 0.365. The van der Waals surface area contributed by atoms with E-state index in [4.69, 9.17) is 10.2 Å². The molecule has 0 amide bonds. The zero-order chi connectivity index (χ0) is 4.28. The first-order valence-electron chi connectivity index (χ1n) is 1.63. The van der Waals surface area contributed by atoms with Crippen molar-refractivity contribution >= 4 is 17.4 Å². The molecule has 0 aromatic rings. The molecule has 0 atom stereocenters. The average molecular weight is 106 g/mol. The lowest BCUT2D eigenvalue weighted by Crippen LogP contribution is -1.99. The van der Waals surface area contributed by atoms with E-state index in [1.165, 1.54) is 0 Å². The molecule has 0 saturated carbocycles. The highest BCUT2D eigenvalue weighted by molar-refractivity contribution is 5.75. The molecule has 0 rings (SSSR count). The van der Waals surface area contributed by atoms with Gasteiger partial charge in [0.05, 0.1) is 0 Å². The summed E-state index contributed by atoms with van der Waals surface area (Å²) in [6, 6.07) is 0. The maximum atomic E-state index is 7.92. The van der Waals surface area contributed by atoms with Crippen LogP contribution in [0.3, 0.4) is 0 Å². The van der Waals surface area contributed by atoms with Crippen molar-refractivity contribution in [1.82, 2.24) is 0 Å². The molecule has 2 N–H and O–H groups in total. The SMILES string of the molecule is CCC(O)O.[AlH3]. The van der Waals surface area contributed by atoms with Gasteiger partial charge in [0.25, 0.3) is 0 Å². The summed E-state index contributed by atoms with van der Waals surface area (Å²) < 4.78 is 0. The molecular formula is C3H11AlO2. The molecule has 0 aromatic carbocycles. The minimum Gasteiger partial charge on any atom is -0.368 e. The van der Waals surface area contributed by atoms with Gasteiger partial charge in [-0.2, -0.15) is 0 Å². The van der Waals surface area contributed by atoms with Gasteiger partial charge in [0, 0.05) is 0 Å². The summed E-state index contributed by atoms with van der Waals surface area (Å²) in [6.45, 7) is 1.70. The molecule has 38 valence electrons. The molecule has 0 aliphatic rings. The van der Waals surface area contributed by atoms with Crippen molar-refractivity contribution in [1.29, 1.82) is 0 Å². The van der Waals surface area contributed by atoms with Crippen LogP contribution in [-0.2, 0) is 0 Å². The smallest absolute Gasteiger partial charge is 0.187 e. The first kappa shape index (κ1) is 9.68. The Bertz CT molecular complexity index is 22.8. The van der Waals surface area contributed by atoms with Crippen LogP contribution in [0.2, 0.25) is 0 Å². The summed E-state index contributed by atoms with van der Waals surface area (Å²) in [5, 5.41) is 15.8. The lowest BCUT2D eigenvalue weighted by Gasteiger charge is -1.90. The molecule has 0 saturated heterocycles. The van der Waals surface area contributed by atoms with E-state index in [0.717, 1.165) is 0 Å². The molecular weight excluding hydrogens is 95.0 g/mol. The van der Waals surface area contributed by atoms with Crippen LogP contribution in [0, 0.1) is 0 Å². The molecule has 0 spiro atoms. The first-order chi connectivity index (χ1) is 2.27. The molecule has 0 aliphatic carbocycles. The average Bonchev–Trinajstić information content (AvgIpc) is 1.38. The van der Waals surface area contributed by atoms with Crippen molar-refractivity contribution in [2.24, 2.45) is 0 Å². The third kappa shape index (κ3) is 8.82.